The van der Waals surface area contributed by atoms with Gasteiger partial charge in [0.15, 0.2) is 5.76 Å². The molecule has 4 nitrogen and oxygen atoms in total. The summed E-state index contributed by atoms with van der Waals surface area (Å²) in [5, 5.41) is 0.796. The molecule has 3 rings (SSSR count). The highest BCUT2D eigenvalue weighted by Gasteiger charge is 2.27. The fourth-order valence-electron chi connectivity index (χ4n) is 3.06. The van der Waals surface area contributed by atoms with Crippen LogP contribution in [-0.2, 0) is 0 Å². The predicted octanol–water partition coefficient (Wildman–Crippen LogP) is 3.76. The second-order valence-corrected chi connectivity index (χ2v) is 6.37. The van der Waals surface area contributed by atoms with Crippen molar-refractivity contribution in [3.8, 4) is 0 Å². The number of carbonyl (C=O) groups excluding carboxylic acids is 1. The highest BCUT2D eigenvalue weighted by molar-refractivity contribution is 6.31. The number of aryl methyl sites for hydroxylation is 1. The summed E-state index contributed by atoms with van der Waals surface area (Å²) in [6, 6.07) is 10.0. The zero-order valence-electron chi connectivity index (χ0n) is 13.5. The van der Waals surface area contributed by atoms with Gasteiger partial charge in [-0.3, -0.25) is 9.69 Å². The Kier molecular flexibility index (Phi) is 4.74. The topological polar surface area (TPSA) is 36.7 Å². The molecular formula is C18H21ClN2O2. The van der Waals surface area contributed by atoms with E-state index in [0.717, 1.165) is 29.2 Å². The van der Waals surface area contributed by atoms with E-state index in [1.54, 1.807) is 6.26 Å². The Morgan fingerprint density at radius 1 is 1.17 bits per heavy atom. The number of hydrogen-bond acceptors (Lipinski definition) is 3. The van der Waals surface area contributed by atoms with Crippen molar-refractivity contribution in [3.63, 3.8) is 0 Å². The number of rotatable bonds is 3. The van der Waals surface area contributed by atoms with Crippen molar-refractivity contribution in [3.05, 3.63) is 58.5 Å². The lowest BCUT2D eigenvalue weighted by atomic mass is 10.1. The van der Waals surface area contributed by atoms with Gasteiger partial charge < -0.3 is 9.32 Å². The molecule has 1 fully saturated rings. The quantitative estimate of drug-likeness (QED) is 0.858. The minimum absolute atomic E-state index is 0.0162. The summed E-state index contributed by atoms with van der Waals surface area (Å²) in [4.78, 5) is 16.7. The van der Waals surface area contributed by atoms with Gasteiger partial charge in [-0.1, -0.05) is 29.8 Å². The zero-order chi connectivity index (χ0) is 16.4. The maximum atomic E-state index is 12.5. The van der Waals surface area contributed by atoms with Crippen LogP contribution >= 0.6 is 11.6 Å². The van der Waals surface area contributed by atoms with Crippen LogP contribution in [0.1, 0.15) is 34.6 Å². The van der Waals surface area contributed by atoms with Gasteiger partial charge in [-0.15, -0.1) is 0 Å². The lowest BCUT2D eigenvalue weighted by Gasteiger charge is -2.38. The van der Waals surface area contributed by atoms with E-state index in [9.17, 15) is 4.79 Å². The highest BCUT2D eigenvalue weighted by Crippen LogP contribution is 2.28. The molecule has 122 valence electrons. The van der Waals surface area contributed by atoms with Crippen molar-refractivity contribution in [2.45, 2.75) is 19.9 Å². The van der Waals surface area contributed by atoms with E-state index < -0.39 is 0 Å². The summed E-state index contributed by atoms with van der Waals surface area (Å²) in [7, 11) is 0. The van der Waals surface area contributed by atoms with Gasteiger partial charge in [0.1, 0.15) is 0 Å². The number of benzene rings is 1. The van der Waals surface area contributed by atoms with Gasteiger partial charge >= 0.3 is 0 Å². The third-order valence-corrected chi connectivity index (χ3v) is 4.91. The van der Waals surface area contributed by atoms with E-state index in [0.29, 0.717) is 18.8 Å². The van der Waals surface area contributed by atoms with Crippen LogP contribution in [0.4, 0.5) is 0 Å². The minimum atomic E-state index is -0.0162. The number of nitrogens with zero attached hydrogens (tertiary/aromatic N) is 2. The van der Waals surface area contributed by atoms with E-state index in [1.165, 1.54) is 0 Å². The van der Waals surface area contributed by atoms with Gasteiger partial charge in [0.05, 0.1) is 6.26 Å². The standard InChI is InChI=1S/C18H21ClN2O2/c1-13-7-12-23-17(13)18(22)21-10-8-20(9-11-21)14(2)15-5-3-4-6-16(15)19/h3-7,12,14H,8-11H2,1-2H3. The summed E-state index contributed by atoms with van der Waals surface area (Å²) >= 11 is 6.30. The third kappa shape index (κ3) is 3.28. The molecule has 2 heterocycles. The van der Waals surface area contributed by atoms with Crippen molar-refractivity contribution >= 4 is 17.5 Å². The van der Waals surface area contributed by atoms with Crippen molar-refractivity contribution in [2.75, 3.05) is 26.2 Å². The van der Waals surface area contributed by atoms with Gasteiger partial charge in [-0.2, -0.15) is 0 Å². The molecule has 0 saturated carbocycles. The number of furan rings is 1. The van der Waals surface area contributed by atoms with E-state index >= 15 is 0 Å². The lowest BCUT2D eigenvalue weighted by molar-refractivity contribution is 0.0552. The summed E-state index contributed by atoms with van der Waals surface area (Å²) in [5.74, 6) is 0.440. The van der Waals surface area contributed by atoms with Crippen LogP contribution in [0.15, 0.2) is 41.0 Å². The Labute approximate surface area is 141 Å². The summed E-state index contributed by atoms with van der Waals surface area (Å²) in [6.45, 7) is 7.12. The van der Waals surface area contributed by atoms with Crippen LogP contribution in [0.3, 0.4) is 0 Å². The van der Waals surface area contributed by atoms with Crippen molar-refractivity contribution in [1.82, 2.24) is 9.80 Å². The summed E-state index contributed by atoms with van der Waals surface area (Å²) < 4.78 is 5.32. The fraction of sp³-hybridized carbons (Fsp3) is 0.389. The zero-order valence-corrected chi connectivity index (χ0v) is 14.2. The van der Waals surface area contributed by atoms with E-state index in [4.69, 9.17) is 16.0 Å². The van der Waals surface area contributed by atoms with Crippen molar-refractivity contribution in [1.29, 1.82) is 0 Å². The monoisotopic (exact) mass is 332 g/mol. The van der Waals surface area contributed by atoms with Crippen LogP contribution in [0.2, 0.25) is 5.02 Å². The second-order valence-electron chi connectivity index (χ2n) is 5.96. The van der Waals surface area contributed by atoms with Crippen LogP contribution in [0, 0.1) is 6.92 Å². The number of carbonyl (C=O) groups is 1. The number of amides is 1. The van der Waals surface area contributed by atoms with Gasteiger partial charge in [-0.25, -0.2) is 0 Å². The number of halogens is 1. The summed E-state index contributed by atoms with van der Waals surface area (Å²) in [6.07, 6.45) is 1.57. The smallest absolute Gasteiger partial charge is 0.289 e. The molecule has 0 N–H and O–H groups in total. The van der Waals surface area contributed by atoms with E-state index in [2.05, 4.69) is 17.9 Å². The molecule has 1 aromatic carbocycles. The fourth-order valence-corrected chi connectivity index (χ4v) is 3.35. The largest absolute Gasteiger partial charge is 0.459 e. The normalized spacial score (nSPS) is 17.3. The van der Waals surface area contributed by atoms with Gasteiger partial charge in [0.25, 0.3) is 5.91 Å². The van der Waals surface area contributed by atoms with Crippen LogP contribution in [0.5, 0.6) is 0 Å². The number of hydrogen-bond donors (Lipinski definition) is 0. The van der Waals surface area contributed by atoms with E-state index in [-0.39, 0.29) is 11.9 Å². The molecule has 1 amide bonds. The molecule has 0 aliphatic carbocycles. The molecule has 1 saturated heterocycles. The average molecular weight is 333 g/mol. The molecule has 1 aliphatic heterocycles. The first-order valence-corrected chi connectivity index (χ1v) is 8.27. The molecule has 0 radical (unpaired) electrons. The molecule has 0 bridgehead atoms. The molecule has 1 aromatic heterocycles. The first-order valence-electron chi connectivity index (χ1n) is 7.90. The maximum absolute atomic E-state index is 12.5. The molecule has 5 heteroatoms. The van der Waals surface area contributed by atoms with Gasteiger partial charge in [0, 0.05) is 42.8 Å². The van der Waals surface area contributed by atoms with E-state index in [1.807, 2.05) is 36.1 Å². The lowest BCUT2D eigenvalue weighted by Crippen LogP contribution is -2.49. The minimum Gasteiger partial charge on any atom is -0.459 e. The molecular weight excluding hydrogens is 312 g/mol. The molecule has 1 aliphatic rings. The third-order valence-electron chi connectivity index (χ3n) is 4.56. The Morgan fingerprint density at radius 3 is 2.48 bits per heavy atom. The van der Waals surface area contributed by atoms with Gasteiger partial charge in [-0.05, 0) is 31.5 Å². The Balaban J connectivity index is 1.63. The van der Waals surface area contributed by atoms with Crippen LogP contribution in [-0.4, -0.2) is 41.9 Å². The Morgan fingerprint density at radius 2 is 1.87 bits per heavy atom. The molecule has 2 aromatic rings. The first-order chi connectivity index (χ1) is 11.1. The molecule has 1 unspecified atom stereocenters. The first kappa shape index (κ1) is 16.1. The van der Waals surface area contributed by atoms with Crippen LogP contribution < -0.4 is 0 Å². The number of piperazine rings is 1. The van der Waals surface area contributed by atoms with Gasteiger partial charge in [0.2, 0.25) is 0 Å². The maximum Gasteiger partial charge on any atom is 0.289 e. The molecule has 0 spiro atoms. The van der Waals surface area contributed by atoms with Crippen molar-refractivity contribution in [2.24, 2.45) is 0 Å². The molecule has 1 atom stereocenters. The van der Waals surface area contributed by atoms with Crippen LogP contribution in [0.25, 0.3) is 0 Å². The SMILES string of the molecule is Cc1ccoc1C(=O)N1CCN(C(C)c2ccccc2Cl)CC1. The highest BCUT2D eigenvalue weighted by atomic mass is 35.5. The average Bonchev–Trinajstić information content (AvgIpc) is 3.00. The predicted molar refractivity (Wildman–Crippen MR) is 90.8 cm³/mol. The molecule has 23 heavy (non-hydrogen) atoms. The second kappa shape index (κ2) is 6.77. The summed E-state index contributed by atoms with van der Waals surface area (Å²) in [5.41, 5.74) is 2.03. The Bertz CT molecular complexity index is 690. The Hall–Kier alpha value is -1.78. The van der Waals surface area contributed by atoms with Crippen molar-refractivity contribution < 1.29 is 9.21 Å².